The minimum absolute atomic E-state index is 0.440. The summed E-state index contributed by atoms with van der Waals surface area (Å²) >= 11 is 7.93. The monoisotopic (exact) mass is 435 g/mol. The van der Waals surface area contributed by atoms with Gasteiger partial charge in [-0.1, -0.05) is 48.9 Å². The molecule has 1 heterocycles. The summed E-state index contributed by atoms with van der Waals surface area (Å²) in [6.45, 7) is 2.71. The minimum atomic E-state index is -0.440. The molecule has 3 nitrogen and oxygen atoms in total. The van der Waals surface area contributed by atoms with Gasteiger partial charge in [0, 0.05) is 26.6 Å². The molecule has 2 aromatic carbocycles. The van der Waals surface area contributed by atoms with Gasteiger partial charge in [-0.2, -0.15) is 0 Å². The average molecular weight is 436 g/mol. The first-order valence-electron chi connectivity index (χ1n) is 9.79. The highest BCUT2D eigenvalue weighted by molar-refractivity contribution is 7.14. The predicted octanol–water partition coefficient (Wildman–Crippen LogP) is 6.74. The average Bonchev–Trinajstić information content (AvgIpc) is 3.24. The highest BCUT2D eigenvalue weighted by atomic mass is 35.5. The van der Waals surface area contributed by atoms with E-state index in [1.165, 1.54) is 5.57 Å². The van der Waals surface area contributed by atoms with Crippen molar-refractivity contribution in [1.29, 1.82) is 0 Å². The first-order valence-corrected chi connectivity index (χ1v) is 11.0. The van der Waals surface area contributed by atoms with E-state index in [2.05, 4.69) is 31.2 Å². The van der Waals surface area contributed by atoms with Crippen LogP contribution < -0.4 is 10.5 Å². The molecule has 1 unspecified atom stereocenters. The molecule has 1 aromatic heterocycles. The molecule has 0 fully saturated rings. The van der Waals surface area contributed by atoms with Crippen LogP contribution in [-0.2, 0) is 0 Å². The number of ether oxygens (including phenoxy) is 1. The van der Waals surface area contributed by atoms with Crippen LogP contribution in [0.1, 0.15) is 23.7 Å². The third-order valence-electron chi connectivity index (χ3n) is 5.09. The van der Waals surface area contributed by atoms with Gasteiger partial charge in [0.05, 0.1) is 0 Å². The maximum absolute atomic E-state index is 11.6. The number of rotatable bonds is 6. The number of amides is 1. The van der Waals surface area contributed by atoms with E-state index >= 15 is 0 Å². The molecule has 0 spiro atoms. The summed E-state index contributed by atoms with van der Waals surface area (Å²) in [5.41, 5.74) is 10.0. The first kappa shape index (κ1) is 20.5. The Kier molecular flexibility index (Phi) is 6.07. The van der Waals surface area contributed by atoms with Crippen molar-refractivity contribution < 1.29 is 9.53 Å². The highest BCUT2D eigenvalue weighted by Gasteiger charge is 2.16. The van der Waals surface area contributed by atoms with Crippen molar-refractivity contribution in [2.24, 2.45) is 11.7 Å². The van der Waals surface area contributed by atoms with E-state index in [4.69, 9.17) is 22.1 Å². The van der Waals surface area contributed by atoms with Gasteiger partial charge in [-0.15, -0.1) is 11.3 Å². The van der Waals surface area contributed by atoms with Crippen LogP contribution in [0.4, 0.5) is 0 Å². The zero-order valence-corrected chi connectivity index (χ0v) is 18.2. The molecule has 1 amide bonds. The predicted molar refractivity (Wildman–Crippen MR) is 125 cm³/mol. The van der Waals surface area contributed by atoms with Crippen molar-refractivity contribution in [3.05, 3.63) is 88.3 Å². The van der Waals surface area contributed by atoms with Crippen molar-refractivity contribution in [1.82, 2.24) is 0 Å². The fraction of sp³-hybridized carbons (Fsp3) is 0.160. The molecule has 1 atom stereocenters. The SMILES string of the molecule is CC1C=CC(COc2ccc(Cl)cc2-c2ccsc2-c2cccc(C(N)=O)c2)=CC1. The molecule has 4 rings (SSSR count). The Morgan fingerprint density at radius 3 is 2.83 bits per heavy atom. The number of hydrogen-bond donors (Lipinski definition) is 1. The largest absolute Gasteiger partial charge is 0.488 e. The Labute approximate surface area is 185 Å². The van der Waals surface area contributed by atoms with Crippen molar-refractivity contribution in [2.45, 2.75) is 13.3 Å². The van der Waals surface area contributed by atoms with Gasteiger partial charge in [-0.3, -0.25) is 4.79 Å². The van der Waals surface area contributed by atoms with Crippen molar-refractivity contribution in [3.8, 4) is 27.3 Å². The lowest BCUT2D eigenvalue weighted by molar-refractivity contribution is 0.100. The second kappa shape index (κ2) is 8.90. The molecule has 152 valence electrons. The third-order valence-corrected chi connectivity index (χ3v) is 6.29. The Bertz CT molecular complexity index is 1150. The van der Waals surface area contributed by atoms with Crippen LogP contribution in [-0.4, -0.2) is 12.5 Å². The molecule has 0 bridgehead atoms. The second-order valence-corrected chi connectivity index (χ2v) is 8.74. The van der Waals surface area contributed by atoms with Crippen LogP contribution in [0, 0.1) is 5.92 Å². The zero-order chi connectivity index (χ0) is 21.1. The molecule has 0 saturated heterocycles. The zero-order valence-electron chi connectivity index (χ0n) is 16.6. The Hall–Kier alpha value is -2.82. The van der Waals surface area contributed by atoms with E-state index in [-0.39, 0.29) is 0 Å². The normalized spacial score (nSPS) is 15.7. The lowest BCUT2D eigenvalue weighted by Crippen LogP contribution is -2.10. The quantitative estimate of drug-likeness (QED) is 0.466. The van der Waals surface area contributed by atoms with Gasteiger partial charge < -0.3 is 10.5 Å². The number of nitrogens with two attached hydrogens (primary N) is 1. The Morgan fingerprint density at radius 1 is 1.20 bits per heavy atom. The van der Waals surface area contributed by atoms with Crippen LogP contribution in [0.2, 0.25) is 5.02 Å². The summed E-state index contributed by atoms with van der Waals surface area (Å²) in [7, 11) is 0. The van der Waals surface area contributed by atoms with Crippen molar-refractivity contribution in [2.75, 3.05) is 6.61 Å². The molecule has 3 aromatic rings. The van der Waals surface area contributed by atoms with Gasteiger partial charge in [0.1, 0.15) is 12.4 Å². The number of hydrogen-bond acceptors (Lipinski definition) is 3. The van der Waals surface area contributed by atoms with Gasteiger partial charge in [-0.05, 0) is 65.3 Å². The van der Waals surface area contributed by atoms with Crippen LogP contribution >= 0.6 is 22.9 Å². The topological polar surface area (TPSA) is 52.3 Å². The molecule has 30 heavy (non-hydrogen) atoms. The Morgan fingerprint density at radius 2 is 2.07 bits per heavy atom. The maximum atomic E-state index is 11.6. The van der Waals surface area contributed by atoms with Crippen LogP contribution in [0.15, 0.2) is 77.7 Å². The summed E-state index contributed by atoms with van der Waals surface area (Å²) in [5, 5.41) is 2.67. The molecule has 0 radical (unpaired) electrons. The lowest BCUT2D eigenvalue weighted by Gasteiger charge is -2.16. The summed E-state index contributed by atoms with van der Waals surface area (Å²) < 4.78 is 6.20. The van der Waals surface area contributed by atoms with E-state index < -0.39 is 5.91 Å². The number of carbonyl (C=O) groups is 1. The molecule has 1 aliphatic rings. The summed E-state index contributed by atoms with van der Waals surface area (Å²) in [5.74, 6) is 0.910. The van der Waals surface area contributed by atoms with Crippen LogP contribution in [0.3, 0.4) is 0 Å². The fourth-order valence-corrected chi connectivity index (χ4v) is 4.52. The minimum Gasteiger partial charge on any atom is -0.488 e. The molecule has 0 aliphatic heterocycles. The lowest BCUT2D eigenvalue weighted by atomic mass is 9.99. The second-order valence-electron chi connectivity index (χ2n) is 7.39. The van der Waals surface area contributed by atoms with E-state index in [0.29, 0.717) is 23.1 Å². The van der Waals surface area contributed by atoms with Gasteiger partial charge >= 0.3 is 0 Å². The molecule has 0 saturated carbocycles. The first-order chi connectivity index (χ1) is 14.5. The Balaban J connectivity index is 1.68. The standard InChI is InChI=1S/C25H22ClNO2S/c1-16-5-7-17(8-6-16)15-29-23-10-9-20(26)14-22(23)21-11-12-30-24(21)18-3-2-4-19(13-18)25(27)28/h2-5,7-14,16H,6,15H2,1H3,(H2,27,28). The number of thiophene rings is 1. The molecular weight excluding hydrogens is 414 g/mol. The number of allylic oxidation sites excluding steroid dienone is 2. The van der Waals surface area contributed by atoms with E-state index in [1.807, 2.05) is 41.8 Å². The maximum Gasteiger partial charge on any atom is 0.248 e. The smallest absolute Gasteiger partial charge is 0.248 e. The molecule has 2 N–H and O–H groups in total. The van der Waals surface area contributed by atoms with E-state index in [1.54, 1.807) is 17.4 Å². The third kappa shape index (κ3) is 4.50. The van der Waals surface area contributed by atoms with Gasteiger partial charge in [0.25, 0.3) is 0 Å². The number of primary amides is 1. The summed E-state index contributed by atoms with van der Waals surface area (Å²) in [6, 6.07) is 15.1. The number of carbonyl (C=O) groups excluding carboxylic acids is 1. The summed E-state index contributed by atoms with van der Waals surface area (Å²) in [6.07, 6.45) is 7.61. The highest BCUT2D eigenvalue weighted by Crippen LogP contribution is 2.42. The van der Waals surface area contributed by atoms with Gasteiger partial charge in [-0.25, -0.2) is 0 Å². The molecular formula is C25H22ClNO2S. The number of benzene rings is 2. The van der Waals surface area contributed by atoms with Crippen molar-refractivity contribution in [3.63, 3.8) is 0 Å². The van der Waals surface area contributed by atoms with Crippen LogP contribution in [0.5, 0.6) is 5.75 Å². The van der Waals surface area contributed by atoms with Crippen molar-refractivity contribution >= 4 is 28.8 Å². The number of halogens is 1. The molecule has 1 aliphatic carbocycles. The summed E-state index contributed by atoms with van der Waals surface area (Å²) in [4.78, 5) is 12.6. The van der Waals surface area contributed by atoms with E-state index in [9.17, 15) is 4.79 Å². The van der Waals surface area contributed by atoms with Gasteiger partial charge in [0.2, 0.25) is 5.91 Å². The fourth-order valence-electron chi connectivity index (χ4n) is 3.44. The molecule has 5 heteroatoms. The van der Waals surface area contributed by atoms with Crippen LogP contribution in [0.25, 0.3) is 21.6 Å². The van der Waals surface area contributed by atoms with E-state index in [0.717, 1.165) is 33.7 Å². The van der Waals surface area contributed by atoms with Gasteiger partial charge in [0.15, 0.2) is 0 Å².